The van der Waals surface area contributed by atoms with E-state index in [1.807, 2.05) is 22.8 Å². The number of amides is 1. The van der Waals surface area contributed by atoms with E-state index < -0.39 is 11.3 Å². The minimum Gasteiger partial charge on any atom is -0.501 e. The zero-order chi connectivity index (χ0) is 20.0. The maximum atomic E-state index is 13.2. The van der Waals surface area contributed by atoms with E-state index in [-0.39, 0.29) is 17.5 Å². The Bertz CT molecular complexity index is 975. The van der Waals surface area contributed by atoms with Crippen molar-refractivity contribution in [1.82, 2.24) is 14.5 Å². The van der Waals surface area contributed by atoms with Gasteiger partial charge >= 0.3 is 5.56 Å². The number of carbonyl (C=O) groups excluding carboxylic acids is 1. The van der Waals surface area contributed by atoms with E-state index in [2.05, 4.69) is 17.1 Å². The highest BCUT2D eigenvalue weighted by Crippen LogP contribution is 2.41. The van der Waals surface area contributed by atoms with Gasteiger partial charge in [0.1, 0.15) is 5.82 Å². The second-order valence-corrected chi connectivity index (χ2v) is 8.75. The molecule has 1 aliphatic heterocycles. The van der Waals surface area contributed by atoms with Gasteiger partial charge in [0, 0.05) is 25.6 Å². The van der Waals surface area contributed by atoms with Gasteiger partial charge in [0.25, 0.3) is 5.91 Å². The maximum absolute atomic E-state index is 13.2. The van der Waals surface area contributed by atoms with Gasteiger partial charge in [-0.1, -0.05) is 43.2 Å². The lowest BCUT2D eigenvalue weighted by molar-refractivity contribution is 0.0683. The van der Waals surface area contributed by atoms with Crippen LogP contribution in [0.4, 0.5) is 0 Å². The predicted octanol–water partition coefficient (Wildman–Crippen LogP) is 3.14. The number of fused-ring (bicyclic) bond motifs is 1. The molecule has 5 rings (SSSR count). The summed E-state index contributed by atoms with van der Waals surface area (Å²) in [7, 11) is 0. The van der Waals surface area contributed by atoms with E-state index in [1.165, 1.54) is 12.8 Å². The molecule has 1 unspecified atom stereocenters. The molecule has 1 aromatic heterocycles. The van der Waals surface area contributed by atoms with E-state index in [0.29, 0.717) is 30.7 Å². The molecule has 0 radical (unpaired) electrons. The van der Waals surface area contributed by atoms with Gasteiger partial charge in [-0.25, -0.2) is 0 Å². The molecule has 6 nitrogen and oxygen atoms in total. The lowest BCUT2D eigenvalue weighted by atomic mass is 9.83. The van der Waals surface area contributed by atoms with Gasteiger partial charge in [0.2, 0.25) is 5.75 Å². The van der Waals surface area contributed by atoms with Crippen molar-refractivity contribution in [2.45, 2.75) is 51.0 Å². The zero-order valence-electron chi connectivity index (χ0n) is 16.6. The quantitative estimate of drug-likeness (QED) is 0.847. The van der Waals surface area contributed by atoms with Crippen molar-refractivity contribution in [2.24, 2.45) is 11.8 Å². The molecule has 2 saturated carbocycles. The molecule has 1 N–H and O–H groups in total. The summed E-state index contributed by atoms with van der Waals surface area (Å²) in [6.45, 7) is 1.89. The van der Waals surface area contributed by atoms with E-state index in [0.717, 1.165) is 37.8 Å². The first kappa shape index (κ1) is 18.4. The van der Waals surface area contributed by atoms with Gasteiger partial charge in [-0.3, -0.25) is 9.59 Å². The molecule has 2 heterocycles. The zero-order valence-corrected chi connectivity index (χ0v) is 16.6. The topological polar surface area (TPSA) is 75.4 Å². The van der Waals surface area contributed by atoms with Crippen LogP contribution >= 0.6 is 0 Å². The average Bonchev–Trinajstić information content (AvgIpc) is 3.39. The number of benzene rings is 1. The summed E-state index contributed by atoms with van der Waals surface area (Å²) in [6.07, 6.45) is 6.85. The monoisotopic (exact) mass is 393 g/mol. The molecule has 2 fully saturated rings. The molecule has 2 aromatic rings. The number of nitrogens with zero attached hydrogens (tertiary/aromatic N) is 3. The van der Waals surface area contributed by atoms with Crippen LogP contribution in [0.5, 0.6) is 5.75 Å². The minimum absolute atomic E-state index is 0.0338. The third-order valence-corrected chi connectivity index (χ3v) is 6.76. The van der Waals surface area contributed by atoms with Crippen LogP contribution in [-0.2, 0) is 6.54 Å². The Morgan fingerprint density at radius 3 is 2.45 bits per heavy atom. The first-order valence-electron chi connectivity index (χ1n) is 10.8. The Labute approximate surface area is 170 Å². The van der Waals surface area contributed by atoms with Crippen LogP contribution in [0.15, 0.2) is 35.1 Å². The molecule has 1 amide bonds. The van der Waals surface area contributed by atoms with Crippen LogP contribution in [0.2, 0.25) is 0 Å². The van der Waals surface area contributed by atoms with Gasteiger partial charge in [0.15, 0.2) is 5.69 Å². The molecular weight excluding hydrogens is 366 g/mol. The van der Waals surface area contributed by atoms with Crippen LogP contribution < -0.4 is 5.56 Å². The molecule has 1 atom stereocenters. The van der Waals surface area contributed by atoms with Gasteiger partial charge < -0.3 is 14.6 Å². The maximum Gasteiger partial charge on any atom is 0.315 e. The van der Waals surface area contributed by atoms with Crippen molar-refractivity contribution >= 4 is 5.91 Å². The highest BCUT2D eigenvalue weighted by atomic mass is 16.3. The van der Waals surface area contributed by atoms with Gasteiger partial charge in [-0.05, 0) is 43.1 Å². The third kappa shape index (κ3) is 3.34. The highest BCUT2D eigenvalue weighted by molar-refractivity contribution is 5.95. The lowest BCUT2D eigenvalue weighted by Gasteiger charge is -2.34. The fraction of sp³-hybridized carbons (Fsp3) is 0.522. The number of rotatable bonds is 5. The molecule has 2 aliphatic carbocycles. The predicted molar refractivity (Wildman–Crippen MR) is 109 cm³/mol. The largest absolute Gasteiger partial charge is 0.501 e. The van der Waals surface area contributed by atoms with E-state index in [9.17, 15) is 14.7 Å². The van der Waals surface area contributed by atoms with Crippen LogP contribution in [-0.4, -0.2) is 38.6 Å². The second kappa shape index (κ2) is 7.32. The van der Waals surface area contributed by atoms with Gasteiger partial charge in [0.05, 0.1) is 0 Å². The fourth-order valence-electron chi connectivity index (χ4n) is 5.08. The standard InChI is InChI=1S/C23H27N3O3/c27-20-19-23(29)25(14-15-10-11-15)12-13-26(19)21(24-22(20)28)18(17-8-4-5-9-17)16-6-2-1-3-7-16/h1-3,6-7,15,17-18,27H,4-5,8-14H2. The number of hydrogen-bond acceptors (Lipinski definition) is 4. The number of carbonyl (C=O) groups is 1. The molecule has 0 bridgehead atoms. The Balaban J connectivity index is 1.63. The van der Waals surface area contributed by atoms with Crippen LogP contribution in [0.1, 0.15) is 66.3 Å². The minimum atomic E-state index is -0.688. The molecule has 0 saturated heterocycles. The van der Waals surface area contributed by atoms with Gasteiger partial charge in [-0.2, -0.15) is 4.98 Å². The summed E-state index contributed by atoms with van der Waals surface area (Å²) >= 11 is 0. The normalized spacial score (nSPS) is 20.7. The summed E-state index contributed by atoms with van der Waals surface area (Å²) < 4.78 is 1.83. The Hall–Kier alpha value is -2.63. The molecule has 6 heteroatoms. The van der Waals surface area contributed by atoms with Crippen LogP contribution in [0.3, 0.4) is 0 Å². The van der Waals surface area contributed by atoms with E-state index >= 15 is 0 Å². The molecule has 1 aromatic carbocycles. The summed E-state index contributed by atoms with van der Waals surface area (Å²) in [6, 6.07) is 10.2. The van der Waals surface area contributed by atoms with Crippen molar-refractivity contribution in [3.8, 4) is 5.75 Å². The van der Waals surface area contributed by atoms with E-state index in [4.69, 9.17) is 0 Å². The smallest absolute Gasteiger partial charge is 0.315 e. The molecule has 0 spiro atoms. The van der Waals surface area contributed by atoms with Crippen molar-refractivity contribution in [3.63, 3.8) is 0 Å². The Morgan fingerprint density at radius 2 is 1.76 bits per heavy atom. The van der Waals surface area contributed by atoms with E-state index in [1.54, 1.807) is 4.90 Å². The van der Waals surface area contributed by atoms with Crippen LogP contribution in [0.25, 0.3) is 0 Å². The molecule has 152 valence electrons. The van der Waals surface area contributed by atoms with Crippen molar-refractivity contribution in [2.75, 3.05) is 13.1 Å². The van der Waals surface area contributed by atoms with Crippen LogP contribution in [0, 0.1) is 11.8 Å². The van der Waals surface area contributed by atoms with Crippen molar-refractivity contribution in [3.05, 3.63) is 57.8 Å². The third-order valence-electron chi connectivity index (χ3n) is 6.76. The second-order valence-electron chi connectivity index (χ2n) is 8.75. The van der Waals surface area contributed by atoms with Crippen molar-refractivity contribution in [1.29, 1.82) is 0 Å². The summed E-state index contributed by atoms with van der Waals surface area (Å²) in [4.78, 5) is 31.9. The highest BCUT2D eigenvalue weighted by Gasteiger charge is 2.38. The molecule has 29 heavy (non-hydrogen) atoms. The Morgan fingerprint density at radius 1 is 1.03 bits per heavy atom. The SMILES string of the molecule is O=C1c2c(O)c(=O)nc(C(c3ccccc3)C3CCCC3)n2CCN1CC1CC1. The summed E-state index contributed by atoms with van der Waals surface area (Å²) in [5.74, 6) is 0.826. The first-order valence-corrected chi connectivity index (χ1v) is 10.8. The molecule has 3 aliphatic rings. The first-order chi connectivity index (χ1) is 14.1. The number of hydrogen-bond donors (Lipinski definition) is 1. The lowest BCUT2D eigenvalue weighted by Crippen LogP contribution is -2.44. The molecular formula is C23H27N3O3. The summed E-state index contributed by atoms with van der Waals surface area (Å²) in [5, 5.41) is 10.5. The van der Waals surface area contributed by atoms with Gasteiger partial charge in [-0.15, -0.1) is 0 Å². The average molecular weight is 393 g/mol. The Kier molecular flexibility index (Phi) is 4.64. The van der Waals surface area contributed by atoms with Crippen molar-refractivity contribution < 1.29 is 9.90 Å². The number of aromatic hydroxyl groups is 1. The number of aromatic nitrogens is 2. The summed E-state index contributed by atoms with van der Waals surface area (Å²) in [5.41, 5.74) is 0.567. The fourth-order valence-corrected chi connectivity index (χ4v) is 5.08.